The molecule has 3 aromatic rings. The first-order chi connectivity index (χ1) is 13.7. The van der Waals surface area contributed by atoms with E-state index in [9.17, 15) is 9.59 Å². The molecule has 1 aromatic heterocycles. The lowest BCUT2D eigenvalue weighted by atomic mass is 10.1. The molecule has 2 aromatic carbocycles. The van der Waals surface area contributed by atoms with E-state index in [0.717, 1.165) is 11.3 Å². The molecule has 0 bridgehead atoms. The maximum atomic E-state index is 12.7. The van der Waals surface area contributed by atoms with Crippen LogP contribution in [0, 0.1) is 0 Å². The molecule has 0 aliphatic carbocycles. The number of hydrogen-bond donors (Lipinski definition) is 3. The highest BCUT2D eigenvalue weighted by molar-refractivity contribution is 8.01. The SMILES string of the molecule is CCNC(=O)NC(=O)[C@@H](Sc1nnc(Nc2ccccc2)s1)c1ccccc1. The number of hydrogen-bond acceptors (Lipinski definition) is 7. The van der Waals surface area contributed by atoms with Gasteiger partial charge in [0, 0.05) is 12.2 Å². The van der Waals surface area contributed by atoms with E-state index in [4.69, 9.17) is 0 Å². The molecule has 0 spiro atoms. The Balaban J connectivity index is 1.74. The smallest absolute Gasteiger partial charge is 0.321 e. The molecular weight excluding hydrogens is 394 g/mol. The van der Waals surface area contributed by atoms with E-state index in [1.165, 1.54) is 23.1 Å². The summed E-state index contributed by atoms with van der Waals surface area (Å²) in [6, 6.07) is 18.4. The van der Waals surface area contributed by atoms with Gasteiger partial charge in [-0.15, -0.1) is 10.2 Å². The Morgan fingerprint density at radius 3 is 2.39 bits per heavy atom. The normalized spacial score (nSPS) is 11.5. The van der Waals surface area contributed by atoms with Gasteiger partial charge in [-0.1, -0.05) is 71.6 Å². The predicted octanol–water partition coefficient (Wildman–Crippen LogP) is 3.96. The van der Waals surface area contributed by atoms with Gasteiger partial charge in [-0.3, -0.25) is 10.1 Å². The lowest BCUT2D eigenvalue weighted by Gasteiger charge is -2.15. The number of nitrogens with one attached hydrogen (secondary N) is 3. The standard InChI is InChI=1S/C19H19N5O2S2/c1-2-20-17(26)22-16(25)15(13-9-5-3-6-10-13)27-19-24-23-18(28-19)21-14-11-7-4-8-12-14/h3-12,15H,2H2,1H3,(H,21,23)(H2,20,22,25,26)/t15-/m0/s1. The van der Waals surface area contributed by atoms with Gasteiger partial charge in [0.15, 0.2) is 4.34 Å². The summed E-state index contributed by atoms with van der Waals surface area (Å²) >= 11 is 2.60. The number of nitrogens with zero attached hydrogens (tertiary/aromatic N) is 2. The van der Waals surface area contributed by atoms with Crippen LogP contribution in [0.4, 0.5) is 15.6 Å². The van der Waals surface area contributed by atoms with Crippen LogP contribution in [0.1, 0.15) is 17.7 Å². The number of benzene rings is 2. The first-order valence-corrected chi connectivity index (χ1v) is 10.3. The summed E-state index contributed by atoms with van der Waals surface area (Å²) in [7, 11) is 0. The lowest BCUT2D eigenvalue weighted by Crippen LogP contribution is -2.41. The maximum Gasteiger partial charge on any atom is 0.321 e. The zero-order valence-corrected chi connectivity index (χ0v) is 16.7. The first kappa shape index (κ1) is 19.8. The number of anilines is 2. The van der Waals surface area contributed by atoms with Crippen LogP contribution in [0.2, 0.25) is 0 Å². The van der Waals surface area contributed by atoms with Gasteiger partial charge in [-0.05, 0) is 24.6 Å². The lowest BCUT2D eigenvalue weighted by molar-refractivity contribution is -0.119. The van der Waals surface area contributed by atoms with Crippen molar-refractivity contribution in [3.8, 4) is 0 Å². The summed E-state index contributed by atoms with van der Waals surface area (Å²) in [6.45, 7) is 2.23. The highest BCUT2D eigenvalue weighted by Crippen LogP contribution is 2.38. The quantitative estimate of drug-likeness (QED) is 0.508. The van der Waals surface area contributed by atoms with Crippen LogP contribution in [0.5, 0.6) is 0 Å². The molecule has 3 amide bonds. The Morgan fingerprint density at radius 1 is 1.04 bits per heavy atom. The number of aromatic nitrogens is 2. The Labute approximate surface area is 171 Å². The molecule has 9 heteroatoms. The van der Waals surface area contributed by atoms with Gasteiger partial charge < -0.3 is 10.6 Å². The third kappa shape index (κ3) is 5.54. The first-order valence-electron chi connectivity index (χ1n) is 8.61. The number of rotatable bonds is 7. The minimum Gasteiger partial charge on any atom is -0.338 e. The second-order valence-electron chi connectivity index (χ2n) is 5.62. The molecule has 0 saturated carbocycles. The van der Waals surface area contributed by atoms with Crippen LogP contribution in [0.15, 0.2) is 65.0 Å². The fourth-order valence-electron chi connectivity index (χ4n) is 2.34. The molecule has 1 atom stereocenters. The fraction of sp³-hybridized carbons (Fsp3) is 0.158. The number of imide groups is 1. The summed E-state index contributed by atoms with van der Waals surface area (Å²) in [5.41, 5.74) is 1.69. The van der Waals surface area contributed by atoms with Crippen molar-refractivity contribution in [2.24, 2.45) is 0 Å². The Morgan fingerprint density at radius 2 is 1.71 bits per heavy atom. The third-order valence-electron chi connectivity index (χ3n) is 3.56. The minimum atomic E-state index is -0.624. The van der Waals surface area contributed by atoms with E-state index in [-0.39, 0.29) is 0 Å². The second kappa shape index (κ2) is 9.86. The van der Waals surface area contributed by atoms with Crippen LogP contribution in [-0.4, -0.2) is 28.7 Å². The molecule has 0 fully saturated rings. The topological polar surface area (TPSA) is 96.0 Å². The minimum absolute atomic E-state index is 0.407. The van der Waals surface area contributed by atoms with Gasteiger partial charge in [0.2, 0.25) is 11.0 Å². The van der Waals surface area contributed by atoms with Crippen LogP contribution in [0.25, 0.3) is 0 Å². The van der Waals surface area contributed by atoms with E-state index in [2.05, 4.69) is 26.1 Å². The van der Waals surface area contributed by atoms with Crippen LogP contribution < -0.4 is 16.0 Å². The van der Waals surface area contributed by atoms with Gasteiger partial charge in [-0.2, -0.15) is 0 Å². The van der Waals surface area contributed by atoms with Crippen molar-refractivity contribution < 1.29 is 9.59 Å². The largest absolute Gasteiger partial charge is 0.338 e. The molecule has 0 radical (unpaired) electrons. The predicted molar refractivity (Wildman–Crippen MR) is 112 cm³/mol. The number of thioether (sulfide) groups is 1. The van der Waals surface area contributed by atoms with E-state index in [1.807, 2.05) is 60.7 Å². The van der Waals surface area contributed by atoms with Crippen molar-refractivity contribution in [3.05, 3.63) is 66.2 Å². The van der Waals surface area contributed by atoms with Gasteiger partial charge in [-0.25, -0.2) is 4.79 Å². The highest BCUT2D eigenvalue weighted by atomic mass is 32.2. The van der Waals surface area contributed by atoms with Crippen molar-refractivity contribution in [2.75, 3.05) is 11.9 Å². The number of para-hydroxylation sites is 1. The highest BCUT2D eigenvalue weighted by Gasteiger charge is 2.25. The van der Waals surface area contributed by atoms with Gasteiger partial charge in [0.05, 0.1) is 0 Å². The molecular formula is C19H19N5O2S2. The van der Waals surface area contributed by atoms with Crippen LogP contribution in [0.3, 0.4) is 0 Å². The number of carbonyl (C=O) groups excluding carboxylic acids is 2. The number of urea groups is 1. The second-order valence-corrected chi connectivity index (χ2v) is 7.95. The molecule has 1 heterocycles. The summed E-state index contributed by atoms with van der Waals surface area (Å²) < 4.78 is 0.623. The number of carbonyl (C=O) groups is 2. The molecule has 28 heavy (non-hydrogen) atoms. The summed E-state index contributed by atoms with van der Waals surface area (Å²) in [6.07, 6.45) is 0. The van der Waals surface area contributed by atoms with Crippen molar-refractivity contribution in [1.29, 1.82) is 0 Å². The molecule has 7 nitrogen and oxygen atoms in total. The Hall–Kier alpha value is -2.91. The average Bonchev–Trinajstić information content (AvgIpc) is 3.14. The summed E-state index contributed by atoms with van der Waals surface area (Å²) in [5, 5.41) is 16.4. The van der Waals surface area contributed by atoms with Crippen LogP contribution in [-0.2, 0) is 4.79 Å². The molecule has 0 saturated heterocycles. The van der Waals surface area contributed by atoms with E-state index < -0.39 is 17.2 Å². The van der Waals surface area contributed by atoms with E-state index in [1.54, 1.807) is 6.92 Å². The van der Waals surface area contributed by atoms with Gasteiger partial charge >= 0.3 is 6.03 Å². The Bertz CT molecular complexity index is 918. The molecule has 0 aliphatic heterocycles. The molecule has 0 aliphatic rings. The summed E-state index contributed by atoms with van der Waals surface area (Å²) in [5.74, 6) is -0.407. The molecule has 3 N–H and O–H groups in total. The van der Waals surface area contributed by atoms with E-state index >= 15 is 0 Å². The zero-order chi connectivity index (χ0) is 19.8. The molecule has 144 valence electrons. The molecule has 3 rings (SSSR count). The number of amides is 3. The van der Waals surface area contributed by atoms with Crippen molar-refractivity contribution in [2.45, 2.75) is 16.5 Å². The fourth-order valence-corrected chi connectivity index (χ4v) is 4.30. The van der Waals surface area contributed by atoms with Crippen molar-refractivity contribution >= 4 is 45.9 Å². The van der Waals surface area contributed by atoms with Crippen LogP contribution >= 0.6 is 23.1 Å². The van der Waals surface area contributed by atoms with E-state index in [0.29, 0.717) is 16.0 Å². The molecule has 0 unspecified atom stereocenters. The van der Waals surface area contributed by atoms with Gasteiger partial charge in [0.1, 0.15) is 5.25 Å². The Kier molecular flexibility index (Phi) is 6.99. The van der Waals surface area contributed by atoms with Crippen molar-refractivity contribution in [3.63, 3.8) is 0 Å². The monoisotopic (exact) mass is 413 g/mol. The maximum absolute atomic E-state index is 12.7. The average molecular weight is 414 g/mol. The zero-order valence-electron chi connectivity index (χ0n) is 15.1. The van der Waals surface area contributed by atoms with Gasteiger partial charge in [0.25, 0.3) is 0 Å². The third-order valence-corrected chi connectivity index (χ3v) is 5.74. The summed E-state index contributed by atoms with van der Waals surface area (Å²) in [4.78, 5) is 24.4. The van der Waals surface area contributed by atoms with Crippen molar-refractivity contribution in [1.82, 2.24) is 20.8 Å².